The monoisotopic (exact) mass is 214 g/mol. The molecule has 0 aliphatic carbocycles. The van der Waals surface area contributed by atoms with Crippen LogP contribution in [-0.2, 0) is 6.61 Å². The van der Waals surface area contributed by atoms with Gasteiger partial charge in [-0.2, -0.15) is 0 Å². The molecular formula is C14H14O2. The summed E-state index contributed by atoms with van der Waals surface area (Å²) in [6, 6.07) is 15.3. The minimum atomic E-state index is 0.0620. The van der Waals surface area contributed by atoms with Crippen LogP contribution in [0.15, 0.2) is 48.5 Å². The van der Waals surface area contributed by atoms with Crippen LogP contribution in [0.3, 0.4) is 0 Å². The highest BCUT2D eigenvalue weighted by Crippen LogP contribution is 2.25. The summed E-state index contributed by atoms with van der Waals surface area (Å²) in [5, 5.41) is 9.00. The standard InChI is InChI=1S/C14H14O2/c1-11-9-12(10-15)7-8-14(11)16-13-5-3-2-4-6-13/h2-9,15H,10H2,1H3. The average Bonchev–Trinajstić information content (AvgIpc) is 2.33. The lowest BCUT2D eigenvalue weighted by molar-refractivity contribution is 0.281. The molecule has 0 saturated heterocycles. The number of ether oxygens (including phenoxy) is 1. The van der Waals surface area contributed by atoms with E-state index in [1.165, 1.54) is 0 Å². The largest absolute Gasteiger partial charge is 0.457 e. The number of para-hydroxylation sites is 1. The van der Waals surface area contributed by atoms with E-state index in [2.05, 4.69) is 0 Å². The quantitative estimate of drug-likeness (QED) is 0.849. The van der Waals surface area contributed by atoms with Gasteiger partial charge in [0.25, 0.3) is 0 Å². The first-order valence-corrected chi connectivity index (χ1v) is 5.23. The highest BCUT2D eigenvalue weighted by atomic mass is 16.5. The molecule has 1 N–H and O–H groups in total. The van der Waals surface area contributed by atoms with E-state index < -0.39 is 0 Å². The van der Waals surface area contributed by atoms with E-state index in [0.29, 0.717) is 0 Å². The lowest BCUT2D eigenvalue weighted by atomic mass is 10.1. The van der Waals surface area contributed by atoms with E-state index in [9.17, 15) is 0 Å². The summed E-state index contributed by atoms with van der Waals surface area (Å²) < 4.78 is 5.73. The molecule has 0 radical (unpaired) electrons. The normalized spacial score (nSPS) is 10.1. The molecular weight excluding hydrogens is 200 g/mol. The molecule has 0 aliphatic rings. The van der Waals surface area contributed by atoms with Crippen LogP contribution in [0.5, 0.6) is 11.5 Å². The van der Waals surface area contributed by atoms with Gasteiger partial charge in [0.05, 0.1) is 6.61 Å². The fourth-order valence-electron chi connectivity index (χ4n) is 1.54. The van der Waals surface area contributed by atoms with Crippen molar-refractivity contribution in [3.63, 3.8) is 0 Å². The van der Waals surface area contributed by atoms with Crippen molar-refractivity contribution in [2.24, 2.45) is 0 Å². The van der Waals surface area contributed by atoms with Crippen LogP contribution in [0.1, 0.15) is 11.1 Å². The van der Waals surface area contributed by atoms with Gasteiger partial charge in [-0.3, -0.25) is 0 Å². The van der Waals surface area contributed by atoms with Crippen molar-refractivity contribution in [3.05, 3.63) is 59.7 Å². The summed E-state index contributed by atoms with van der Waals surface area (Å²) in [5.41, 5.74) is 1.92. The Morgan fingerprint density at radius 3 is 2.44 bits per heavy atom. The first-order valence-electron chi connectivity index (χ1n) is 5.23. The molecule has 0 spiro atoms. The Kier molecular flexibility index (Phi) is 3.22. The van der Waals surface area contributed by atoms with Gasteiger partial charge in [-0.1, -0.05) is 30.3 Å². The lowest BCUT2D eigenvalue weighted by Crippen LogP contribution is -1.90. The number of hydrogen-bond donors (Lipinski definition) is 1. The first-order chi connectivity index (χ1) is 7.79. The SMILES string of the molecule is Cc1cc(CO)ccc1Oc1ccccc1. The van der Waals surface area contributed by atoms with Crippen molar-refractivity contribution in [1.82, 2.24) is 0 Å². The molecule has 0 saturated carbocycles. The summed E-state index contributed by atoms with van der Waals surface area (Å²) in [7, 11) is 0. The molecule has 2 rings (SSSR count). The third kappa shape index (κ3) is 2.41. The number of benzene rings is 2. The lowest BCUT2D eigenvalue weighted by Gasteiger charge is -2.09. The minimum Gasteiger partial charge on any atom is -0.457 e. The molecule has 0 bridgehead atoms. The Morgan fingerprint density at radius 2 is 1.81 bits per heavy atom. The van der Waals surface area contributed by atoms with E-state index in [-0.39, 0.29) is 6.61 Å². The predicted molar refractivity (Wildman–Crippen MR) is 63.6 cm³/mol. The zero-order valence-electron chi connectivity index (χ0n) is 9.18. The number of hydrogen-bond acceptors (Lipinski definition) is 2. The van der Waals surface area contributed by atoms with E-state index >= 15 is 0 Å². The second-order valence-electron chi connectivity index (χ2n) is 3.67. The van der Waals surface area contributed by atoms with Gasteiger partial charge < -0.3 is 9.84 Å². The van der Waals surface area contributed by atoms with Crippen LogP contribution >= 0.6 is 0 Å². The first kappa shape index (κ1) is 10.7. The van der Waals surface area contributed by atoms with Crippen molar-refractivity contribution in [3.8, 4) is 11.5 Å². The molecule has 0 atom stereocenters. The number of rotatable bonds is 3. The van der Waals surface area contributed by atoms with E-state index in [4.69, 9.17) is 9.84 Å². The van der Waals surface area contributed by atoms with Crippen molar-refractivity contribution in [2.75, 3.05) is 0 Å². The maximum atomic E-state index is 9.00. The number of aliphatic hydroxyl groups is 1. The van der Waals surface area contributed by atoms with Gasteiger partial charge in [-0.25, -0.2) is 0 Å². The fourth-order valence-corrected chi connectivity index (χ4v) is 1.54. The molecule has 0 aliphatic heterocycles. The van der Waals surface area contributed by atoms with Crippen molar-refractivity contribution in [1.29, 1.82) is 0 Å². The fraction of sp³-hybridized carbons (Fsp3) is 0.143. The molecule has 2 nitrogen and oxygen atoms in total. The molecule has 82 valence electrons. The summed E-state index contributed by atoms with van der Waals surface area (Å²) in [5.74, 6) is 1.64. The van der Waals surface area contributed by atoms with Crippen LogP contribution in [0.4, 0.5) is 0 Å². The summed E-state index contributed by atoms with van der Waals surface area (Å²) in [6.45, 7) is 2.03. The molecule has 0 unspecified atom stereocenters. The molecule has 2 aromatic rings. The van der Waals surface area contributed by atoms with E-state index in [0.717, 1.165) is 22.6 Å². The predicted octanol–water partition coefficient (Wildman–Crippen LogP) is 3.28. The van der Waals surface area contributed by atoms with Gasteiger partial charge in [0.15, 0.2) is 0 Å². The van der Waals surface area contributed by atoms with Crippen LogP contribution < -0.4 is 4.74 Å². The van der Waals surface area contributed by atoms with Crippen LogP contribution in [0.2, 0.25) is 0 Å². The Hall–Kier alpha value is -1.80. The molecule has 0 heterocycles. The van der Waals surface area contributed by atoms with Crippen LogP contribution in [0.25, 0.3) is 0 Å². The summed E-state index contributed by atoms with van der Waals surface area (Å²) >= 11 is 0. The number of aliphatic hydroxyl groups excluding tert-OH is 1. The zero-order valence-corrected chi connectivity index (χ0v) is 9.18. The minimum absolute atomic E-state index is 0.0620. The molecule has 16 heavy (non-hydrogen) atoms. The smallest absolute Gasteiger partial charge is 0.130 e. The maximum absolute atomic E-state index is 9.00. The second-order valence-corrected chi connectivity index (χ2v) is 3.67. The van der Waals surface area contributed by atoms with Gasteiger partial charge in [0.2, 0.25) is 0 Å². The highest BCUT2D eigenvalue weighted by molar-refractivity contribution is 5.39. The molecule has 0 fully saturated rings. The van der Waals surface area contributed by atoms with Gasteiger partial charge in [0, 0.05) is 0 Å². The van der Waals surface area contributed by atoms with Gasteiger partial charge in [-0.05, 0) is 36.2 Å². The van der Waals surface area contributed by atoms with Gasteiger partial charge in [-0.15, -0.1) is 0 Å². The van der Waals surface area contributed by atoms with Crippen molar-refractivity contribution < 1.29 is 9.84 Å². The Bertz CT molecular complexity index is 463. The highest BCUT2D eigenvalue weighted by Gasteiger charge is 2.01. The molecule has 2 heteroatoms. The topological polar surface area (TPSA) is 29.5 Å². The van der Waals surface area contributed by atoms with Crippen molar-refractivity contribution >= 4 is 0 Å². The maximum Gasteiger partial charge on any atom is 0.130 e. The summed E-state index contributed by atoms with van der Waals surface area (Å²) in [4.78, 5) is 0. The Labute approximate surface area is 95.1 Å². The third-order valence-electron chi connectivity index (χ3n) is 2.39. The average molecular weight is 214 g/mol. The van der Waals surface area contributed by atoms with Gasteiger partial charge in [0.1, 0.15) is 11.5 Å². The molecule has 2 aromatic carbocycles. The van der Waals surface area contributed by atoms with Crippen molar-refractivity contribution in [2.45, 2.75) is 13.5 Å². The number of aryl methyl sites for hydroxylation is 1. The zero-order chi connectivity index (χ0) is 11.4. The molecule has 0 amide bonds. The third-order valence-corrected chi connectivity index (χ3v) is 2.39. The summed E-state index contributed by atoms with van der Waals surface area (Å²) in [6.07, 6.45) is 0. The van der Waals surface area contributed by atoms with E-state index in [1.54, 1.807) is 0 Å². The molecule has 0 aromatic heterocycles. The van der Waals surface area contributed by atoms with Gasteiger partial charge >= 0.3 is 0 Å². The van der Waals surface area contributed by atoms with Crippen LogP contribution in [-0.4, -0.2) is 5.11 Å². The van der Waals surface area contributed by atoms with E-state index in [1.807, 2.05) is 55.5 Å². The Morgan fingerprint density at radius 1 is 1.06 bits per heavy atom. The Balaban J connectivity index is 2.22. The van der Waals surface area contributed by atoms with Crippen LogP contribution in [0, 0.1) is 6.92 Å². The second kappa shape index (κ2) is 4.81.